The Morgan fingerprint density at radius 3 is 2.12 bits per heavy atom. The van der Waals surface area contributed by atoms with Gasteiger partial charge >= 0.3 is 0 Å². The van der Waals surface area contributed by atoms with Gasteiger partial charge in [-0.15, -0.1) is 0 Å². The van der Waals surface area contributed by atoms with Crippen molar-refractivity contribution in [3.63, 3.8) is 0 Å². The van der Waals surface area contributed by atoms with E-state index in [9.17, 15) is 0 Å². The Kier molecular flexibility index (Phi) is 4.75. The molecule has 3 aliphatic rings. The molecule has 146 valence electrons. The number of hydrogen-bond acceptors (Lipinski definition) is 5. The van der Waals surface area contributed by atoms with Crippen LogP contribution in [0.1, 0.15) is 54.9 Å². The highest BCUT2D eigenvalue weighted by Crippen LogP contribution is 2.47. The molecule has 0 aromatic rings. The van der Waals surface area contributed by atoms with E-state index >= 15 is 0 Å². The molecule has 2 heterocycles. The third-order valence-electron chi connectivity index (χ3n) is 6.17. The van der Waals surface area contributed by atoms with Gasteiger partial charge < -0.3 is 23.4 Å². The van der Waals surface area contributed by atoms with E-state index in [0.29, 0.717) is 6.61 Å². The third-order valence-corrected chi connectivity index (χ3v) is 10.6. The molecule has 0 N–H and O–H groups in total. The van der Waals surface area contributed by atoms with E-state index in [0.717, 1.165) is 6.42 Å². The van der Waals surface area contributed by atoms with Crippen molar-refractivity contribution in [1.82, 2.24) is 0 Å². The molecule has 1 aliphatic carbocycles. The molecule has 0 radical (unpaired) electrons. The van der Waals surface area contributed by atoms with Crippen molar-refractivity contribution in [1.29, 1.82) is 0 Å². The Bertz CT molecular complexity index is 508. The van der Waals surface area contributed by atoms with Gasteiger partial charge in [0.25, 0.3) is 0 Å². The van der Waals surface area contributed by atoms with Gasteiger partial charge in [0.15, 0.2) is 19.9 Å². The van der Waals surface area contributed by atoms with E-state index in [1.807, 2.05) is 27.7 Å². The third kappa shape index (κ3) is 3.85. The van der Waals surface area contributed by atoms with E-state index < -0.39 is 19.9 Å². The predicted molar refractivity (Wildman–Crippen MR) is 98.9 cm³/mol. The summed E-state index contributed by atoms with van der Waals surface area (Å²) >= 11 is 0. The van der Waals surface area contributed by atoms with Gasteiger partial charge in [-0.05, 0) is 52.2 Å². The van der Waals surface area contributed by atoms with E-state index in [-0.39, 0.29) is 35.4 Å². The van der Waals surface area contributed by atoms with Crippen LogP contribution in [0.4, 0.5) is 0 Å². The van der Waals surface area contributed by atoms with Crippen LogP contribution < -0.4 is 0 Å². The fourth-order valence-electron chi connectivity index (χ4n) is 3.86. The van der Waals surface area contributed by atoms with Crippen molar-refractivity contribution in [2.75, 3.05) is 6.61 Å². The van der Waals surface area contributed by atoms with Gasteiger partial charge in [0, 0.05) is 5.92 Å². The summed E-state index contributed by atoms with van der Waals surface area (Å²) in [7, 11) is -1.98. The van der Waals surface area contributed by atoms with Gasteiger partial charge in [0.1, 0.15) is 12.2 Å². The highest BCUT2D eigenvalue weighted by Gasteiger charge is 2.58. The van der Waals surface area contributed by atoms with Crippen LogP contribution in [-0.2, 0) is 23.4 Å². The summed E-state index contributed by atoms with van der Waals surface area (Å²) in [6, 6.07) is 0. The van der Waals surface area contributed by atoms with Crippen LogP contribution in [0.2, 0.25) is 18.1 Å². The zero-order chi connectivity index (χ0) is 18.8. The van der Waals surface area contributed by atoms with Crippen molar-refractivity contribution < 1.29 is 23.4 Å². The van der Waals surface area contributed by atoms with E-state index in [1.165, 1.54) is 0 Å². The van der Waals surface area contributed by atoms with Crippen LogP contribution in [0.3, 0.4) is 0 Å². The van der Waals surface area contributed by atoms with Crippen LogP contribution >= 0.6 is 0 Å². The summed E-state index contributed by atoms with van der Waals surface area (Å²) in [6.45, 7) is 20.0. The second-order valence-electron chi connectivity index (χ2n) is 10.3. The zero-order valence-corrected chi connectivity index (χ0v) is 18.3. The Hall–Kier alpha value is 0.0169. The SMILES string of the molecule is CC1(C)OC[C@@H]2C[C@@H]3OC(C)(C)O[C@@H]3[C@H](O[Si](C)(C)C(C)(C)C)[C@@H]2O1. The minimum Gasteiger partial charge on any atom is -0.408 e. The minimum atomic E-state index is -1.98. The van der Waals surface area contributed by atoms with Crippen molar-refractivity contribution in [3.8, 4) is 0 Å². The van der Waals surface area contributed by atoms with Crippen molar-refractivity contribution in [2.24, 2.45) is 5.92 Å². The molecule has 2 aliphatic heterocycles. The molecule has 25 heavy (non-hydrogen) atoms. The Morgan fingerprint density at radius 2 is 1.52 bits per heavy atom. The summed E-state index contributed by atoms with van der Waals surface area (Å²) in [5.41, 5.74) is 0. The Morgan fingerprint density at radius 1 is 0.920 bits per heavy atom. The summed E-state index contributed by atoms with van der Waals surface area (Å²) in [5.74, 6) is -0.881. The lowest BCUT2D eigenvalue weighted by Crippen LogP contribution is -2.63. The average Bonchev–Trinajstić information content (AvgIpc) is 2.71. The molecule has 3 rings (SSSR count). The largest absolute Gasteiger partial charge is 0.408 e. The maximum atomic E-state index is 6.87. The second-order valence-corrected chi connectivity index (χ2v) is 15.0. The molecule has 5 atom stereocenters. The molecule has 5 nitrogen and oxygen atoms in total. The van der Waals surface area contributed by atoms with Crippen molar-refractivity contribution >= 4 is 8.32 Å². The highest BCUT2D eigenvalue weighted by molar-refractivity contribution is 6.74. The monoisotopic (exact) mass is 372 g/mol. The van der Waals surface area contributed by atoms with Crippen molar-refractivity contribution in [2.45, 2.75) is 109 Å². The molecular formula is C19H36O5Si. The topological polar surface area (TPSA) is 46.2 Å². The molecule has 0 aromatic heterocycles. The lowest BCUT2D eigenvalue weighted by atomic mass is 9.80. The van der Waals surface area contributed by atoms with Gasteiger partial charge in [-0.3, -0.25) is 0 Å². The van der Waals surface area contributed by atoms with E-state index in [4.69, 9.17) is 23.4 Å². The summed E-state index contributed by atoms with van der Waals surface area (Å²) < 4.78 is 31.6. The normalized spacial score (nSPS) is 40.4. The second kappa shape index (κ2) is 6.01. The number of fused-ring (bicyclic) bond motifs is 2. The number of rotatable bonds is 2. The van der Waals surface area contributed by atoms with Gasteiger partial charge in [0.05, 0.1) is 18.8 Å². The van der Waals surface area contributed by atoms with Crippen LogP contribution in [0.15, 0.2) is 0 Å². The fraction of sp³-hybridized carbons (Fsp3) is 1.00. The molecule has 0 amide bonds. The first-order valence-electron chi connectivity index (χ1n) is 9.56. The van der Waals surface area contributed by atoms with Gasteiger partial charge in [-0.1, -0.05) is 20.8 Å². The van der Waals surface area contributed by atoms with Crippen molar-refractivity contribution in [3.05, 3.63) is 0 Å². The van der Waals surface area contributed by atoms with Crippen LogP contribution in [0, 0.1) is 5.92 Å². The van der Waals surface area contributed by atoms with E-state index in [1.54, 1.807) is 0 Å². The standard InChI is InChI=1S/C19H36O5Si/c1-17(2,3)25(8,9)24-16-14-12(11-20-18(4,5)22-14)10-13-15(16)23-19(6,7)21-13/h12-16H,10-11H2,1-9H3/t12-,13-,14+,15-,16+/m0/s1. The first kappa shape index (κ1) is 19.8. The molecule has 0 spiro atoms. The first-order chi connectivity index (χ1) is 11.2. The van der Waals surface area contributed by atoms with Gasteiger partial charge in [-0.25, -0.2) is 0 Å². The lowest BCUT2D eigenvalue weighted by molar-refractivity contribution is -0.322. The molecule has 2 saturated heterocycles. The molecular weight excluding hydrogens is 336 g/mol. The molecule has 3 fully saturated rings. The Balaban J connectivity index is 1.91. The fourth-order valence-corrected chi connectivity index (χ4v) is 5.16. The molecule has 0 aromatic carbocycles. The van der Waals surface area contributed by atoms with Gasteiger partial charge in [0.2, 0.25) is 0 Å². The molecule has 6 heteroatoms. The number of hydrogen-bond donors (Lipinski definition) is 0. The summed E-state index contributed by atoms with van der Waals surface area (Å²) in [4.78, 5) is 0. The van der Waals surface area contributed by atoms with Crippen LogP contribution in [-0.4, -0.2) is 50.9 Å². The number of ether oxygens (including phenoxy) is 4. The summed E-state index contributed by atoms with van der Waals surface area (Å²) in [6.07, 6.45) is 0.719. The summed E-state index contributed by atoms with van der Waals surface area (Å²) in [5, 5.41) is 0.130. The maximum absolute atomic E-state index is 6.87. The van der Waals surface area contributed by atoms with Crippen LogP contribution in [0.25, 0.3) is 0 Å². The quantitative estimate of drug-likeness (QED) is 0.684. The average molecular weight is 373 g/mol. The highest BCUT2D eigenvalue weighted by atomic mass is 28.4. The minimum absolute atomic E-state index is 0.0170. The molecule has 0 unspecified atom stereocenters. The first-order valence-corrected chi connectivity index (χ1v) is 12.5. The maximum Gasteiger partial charge on any atom is 0.192 e. The van der Waals surface area contributed by atoms with Crippen LogP contribution in [0.5, 0.6) is 0 Å². The van der Waals surface area contributed by atoms with E-state index in [2.05, 4.69) is 33.9 Å². The zero-order valence-electron chi connectivity index (χ0n) is 17.3. The molecule has 0 bridgehead atoms. The van der Waals surface area contributed by atoms with Gasteiger partial charge in [-0.2, -0.15) is 0 Å². The lowest BCUT2D eigenvalue weighted by Gasteiger charge is -2.52. The molecule has 1 saturated carbocycles. The smallest absolute Gasteiger partial charge is 0.192 e. The Labute approximate surface area is 153 Å². The predicted octanol–water partition coefficient (Wildman–Crippen LogP) is 4.07.